The third kappa shape index (κ3) is 4.99. The average molecular weight is 417 g/mol. The van der Waals surface area contributed by atoms with Crippen molar-refractivity contribution in [1.82, 2.24) is 4.31 Å². The first kappa shape index (κ1) is 20.9. The van der Waals surface area contributed by atoms with Crippen molar-refractivity contribution in [2.45, 2.75) is 24.7 Å². The Hall–Kier alpha value is -2.78. The van der Waals surface area contributed by atoms with Crippen LogP contribution in [0.3, 0.4) is 0 Å². The second-order valence-electron chi connectivity index (χ2n) is 7.20. The molecule has 0 aromatic heterocycles. The SMILES string of the molecule is CC1CCN(S(=O)(=O)c2cccc(C(=O)CNc3cccc([N+](=O)[O-])c3)c2)CC1. The van der Waals surface area contributed by atoms with Crippen LogP contribution in [0.2, 0.25) is 0 Å². The molecule has 2 aromatic rings. The van der Waals surface area contributed by atoms with Gasteiger partial charge in [-0.05, 0) is 37.0 Å². The first-order valence-electron chi connectivity index (χ1n) is 9.39. The minimum atomic E-state index is -3.64. The number of carbonyl (C=O) groups is 1. The van der Waals surface area contributed by atoms with Gasteiger partial charge in [0.25, 0.3) is 5.69 Å². The highest BCUT2D eigenvalue weighted by Gasteiger charge is 2.28. The van der Waals surface area contributed by atoms with E-state index in [9.17, 15) is 23.3 Å². The number of anilines is 1. The predicted molar refractivity (Wildman–Crippen MR) is 110 cm³/mol. The van der Waals surface area contributed by atoms with Crippen molar-refractivity contribution < 1.29 is 18.1 Å². The van der Waals surface area contributed by atoms with Crippen LogP contribution in [-0.4, -0.2) is 43.1 Å². The molecule has 0 aliphatic carbocycles. The number of nitrogens with one attached hydrogen (secondary N) is 1. The van der Waals surface area contributed by atoms with Crippen LogP contribution < -0.4 is 5.32 Å². The fourth-order valence-corrected chi connectivity index (χ4v) is 4.73. The fourth-order valence-electron chi connectivity index (χ4n) is 3.22. The van der Waals surface area contributed by atoms with E-state index >= 15 is 0 Å². The third-order valence-electron chi connectivity index (χ3n) is 5.05. The second-order valence-corrected chi connectivity index (χ2v) is 9.14. The number of carbonyl (C=O) groups excluding carboxylic acids is 1. The average Bonchev–Trinajstić information content (AvgIpc) is 2.72. The highest BCUT2D eigenvalue weighted by atomic mass is 32.2. The number of hydrogen-bond donors (Lipinski definition) is 1. The van der Waals surface area contributed by atoms with Gasteiger partial charge in [0, 0.05) is 36.5 Å². The monoisotopic (exact) mass is 417 g/mol. The molecule has 1 N–H and O–H groups in total. The number of sulfonamides is 1. The molecule has 2 aromatic carbocycles. The van der Waals surface area contributed by atoms with Crippen molar-refractivity contribution >= 4 is 27.2 Å². The first-order valence-corrected chi connectivity index (χ1v) is 10.8. The van der Waals surface area contributed by atoms with E-state index in [1.54, 1.807) is 18.2 Å². The van der Waals surface area contributed by atoms with E-state index in [-0.39, 0.29) is 28.5 Å². The van der Waals surface area contributed by atoms with Crippen molar-refractivity contribution in [1.29, 1.82) is 0 Å². The summed E-state index contributed by atoms with van der Waals surface area (Å²) in [5.74, 6) is 0.204. The predicted octanol–water partition coefficient (Wildman–Crippen LogP) is 3.31. The minimum absolute atomic E-state index is 0.0774. The molecule has 0 saturated carbocycles. The van der Waals surface area contributed by atoms with Crippen LogP contribution in [0.4, 0.5) is 11.4 Å². The van der Waals surface area contributed by atoms with Gasteiger partial charge in [-0.3, -0.25) is 14.9 Å². The van der Waals surface area contributed by atoms with E-state index < -0.39 is 14.9 Å². The summed E-state index contributed by atoms with van der Waals surface area (Å²) in [6.07, 6.45) is 1.65. The van der Waals surface area contributed by atoms with Crippen molar-refractivity contribution in [3.05, 3.63) is 64.2 Å². The maximum atomic E-state index is 12.9. The standard InChI is InChI=1S/C20H23N3O5S/c1-15-8-10-22(11-9-15)29(27,28)19-7-2-4-16(12-19)20(24)14-21-17-5-3-6-18(13-17)23(25)26/h2-7,12-13,15,21H,8-11,14H2,1H3. The van der Waals surface area contributed by atoms with E-state index in [1.807, 2.05) is 0 Å². The molecule has 3 rings (SSSR count). The summed E-state index contributed by atoms with van der Waals surface area (Å²) >= 11 is 0. The van der Waals surface area contributed by atoms with E-state index in [0.29, 0.717) is 24.7 Å². The Morgan fingerprint density at radius 2 is 1.86 bits per heavy atom. The Labute approximate surface area is 169 Å². The third-order valence-corrected chi connectivity index (χ3v) is 6.94. The lowest BCUT2D eigenvalue weighted by Gasteiger charge is -2.29. The van der Waals surface area contributed by atoms with Gasteiger partial charge in [0.2, 0.25) is 10.0 Å². The summed E-state index contributed by atoms with van der Waals surface area (Å²) in [6, 6.07) is 11.9. The van der Waals surface area contributed by atoms with Gasteiger partial charge in [-0.1, -0.05) is 25.1 Å². The van der Waals surface area contributed by atoms with E-state index in [1.165, 1.54) is 34.6 Å². The molecule has 1 aliphatic heterocycles. The zero-order valence-corrected chi connectivity index (χ0v) is 16.9. The summed E-state index contributed by atoms with van der Waals surface area (Å²) < 4.78 is 27.2. The van der Waals surface area contributed by atoms with Gasteiger partial charge < -0.3 is 5.32 Å². The molecular weight excluding hydrogens is 394 g/mol. The Morgan fingerprint density at radius 3 is 2.55 bits per heavy atom. The van der Waals surface area contributed by atoms with Crippen LogP contribution in [0.5, 0.6) is 0 Å². The van der Waals surface area contributed by atoms with Crippen molar-refractivity contribution in [2.75, 3.05) is 25.0 Å². The summed E-state index contributed by atoms with van der Waals surface area (Å²) in [6.45, 7) is 2.97. The molecule has 0 amide bonds. The number of rotatable bonds is 7. The summed E-state index contributed by atoms with van der Waals surface area (Å²) in [5.41, 5.74) is 0.638. The minimum Gasteiger partial charge on any atom is -0.377 e. The summed E-state index contributed by atoms with van der Waals surface area (Å²) in [4.78, 5) is 23.0. The van der Waals surface area contributed by atoms with Crippen LogP contribution >= 0.6 is 0 Å². The lowest BCUT2D eigenvalue weighted by Crippen LogP contribution is -2.37. The molecule has 1 saturated heterocycles. The number of nitro groups is 1. The van der Waals surface area contributed by atoms with Gasteiger partial charge in [-0.25, -0.2) is 8.42 Å². The number of nitrogens with zero attached hydrogens (tertiary/aromatic N) is 2. The van der Waals surface area contributed by atoms with Gasteiger partial charge in [-0.2, -0.15) is 4.31 Å². The molecule has 1 aliphatic rings. The largest absolute Gasteiger partial charge is 0.377 e. The lowest BCUT2D eigenvalue weighted by atomic mass is 10.0. The number of benzene rings is 2. The van der Waals surface area contributed by atoms with Crippen LogP contribution in [0, 0.1) is 16.0 Å². The second kappa shape index (κ2) is 8.71. The lowest BCUT2D eigenvalue weighted by molar-refractivity contribution is -0.384. The van der Waals surface area contributed by atoms with Crippen molar-refractivity contribution in [2.24, 2.45) is 5.92 Å². The number of Topliss-reactive ketones (excluding diaryl/α,β-unsaturated/α-hetero) is 1. The van der Waals surface area contributed by atoms with Crippen LogP contribution in [0.1, 0.15) is 30.1 Å². The molecule has 8 nitrogen and oxygen atoms in total. The molecular formula is C20H23N3O5S. The van der Waals surface area contributed by atoms with Gasteiger partial charge in [-0.15, -0.1) is 0 Å². The van der Waals surface area contributed by atoms with Gasteiger partial charge in [0.1, 0.15) is 0 Å². The molecule has 1 fully saturated rings. The summed E-state index contributed by atoms with van der Waals surface area (Å²) in [7, 11) is -3.64. The number of ketones is 1. The van der Waals surface area contributed by atoms with Crippen molar-refractivity contribution in [3.63, 3.8) is 0 Å². The van der Waals surface area contributed by atoms with E-state index in [4.69, 9.17) is 0 Å². The van der Waals surface area contributed by atoms with Crippen LogP contribution in [0.15, 0.2) is 53.4 Å². The first-order chi connectivity index (χ1) is 13.8. The van der Waals surface area contributed by atoms with Crippen LogP contribution in [-0.2, 0) is 10.0 Å². The van der Waals surface area contributed by atoms with Gasteiger partial charge in [0.15, 0.2) is 5.78 Å². The Kier molecular flexibility index (Phi) is 6.29. The Morgan fingerprint density at radius 1 is 1.17 bits per heavy atom. The number of nitro benzene ring substituents is 1. The van der Waals surface area contributed by atoms with Crippen LogP contribution in [0.25, 0.3) is 0 Å². The molecule has 0 spiro atoms. The number of piperidine rings is 1. The molecule has 0 unspecified atom stereocenters. The number of non-ortho nitro benzene ring substituents is 1. The zero-order chi connectivity index (χ0) is 21.0. The number of hydrogen-bond acceptors (Lipinski definition) is 6. The molecule has 154 valence electrons. The highest BCUT2D eigenvalue weighted by Crippen LogP contribution is 2.24. The molecule has 1 heterocycles. The smallest absolute Gasteiger partial charge is 0.271 e. The topological polar surface area (TPSA) is 110 Å². The van der Waals surface area contributed by atoms with Gasteiger partial charge >= 0.3 is 0 Å². The molecule has 0 atom stereocenters. The molecule has 0 radical (unpaired) electrons. The van der Waals surface area contributed by atoms with Gasteiger partial charge in [0.05, 0.1) is 16.4 Å². The molecule has 29 heavy (non-hydrogen) atoms. The van der Waals surface area contributed by atoms with Crippen molar-refractivity contribution in [3.8, 4) is 0 Å². The zero-order valence-electron chi connectivity index (χ0n) is 16.1. The molecule has 9 heteroatoms. The Balaban J connectivity index is 1.71. The maximum Gasteiger partial charge on any atom is 0.271 e. The maximum absolute atomic E-state index is 12.9. The highest BCUT2D eigenvalue weighted by molar-refractivity contribution is 7.89. The quantitative estimate of drug-likeness (QED) is 0.420. The van der Waals surface area contributed by atoms with E-state index in [0.717, 1.165) is 12.8 Å². The van der Waals surface area contributed by atoms with E-state index in [2.05, 4.69) is 12.2 Å². The summed E-state index contributed by atoms with van der Waals surface area (Å²) in [5, 5.41) is 13.7. The Bertz CT molecular complexity index is 1010. The fraction of sp³-hybridized carbons (Fsp3) is 0.350. The molecule has 0 bridgehead atoms. The normalized spacial score (nSPS) is 15.8.